The highest BCUT2D eigenvalue weighted by atomic mass is 16.4. The Morgan fingerprint density at radius 1 is 1.22 bits per heavy atom. The molecule has 3 atom stereocenters. The van der Waals surface area contributed by atoms with Crippen molar-refractivity contribution in [2.45, 2.75) is 53.1 Å². The molecule has 0 aromatic carbocycles. The molecule has 1 aromatic rings. The van der Waals surface area contributed by atoms with Gasteiger partial charge in [-0.1, -0.05) is 27.7 Å². The van der Waals surface area contributed by atoms with Gasteiger partial charge >= 0.3 is 5.97 Å². The molecular formula is C16H24N4O3. The molecule has 2 aliphatic rings. The first-order chi connectivity index (χ1) is 10.7. The van der Waals surface area contributed by atoms with Crippen molar-refractivity contribution >= 4 is 11.9 Å². The van der Waals surface area contributed by atoms with Crippen LogP contribution in [-0.4, -0.2) is 43.2 Å². The molecule has 1 fully saturated rings. The van der Waals surface area contributed by atoms with E-state index in [2.05, 4.69) is 28.6 Å². The smallest absolute Gasteiger partial charge is 0.307 e. The number of hydrogen-bond acceptors (Lipinski definition) is 4. The van der Waals surface area contributed by atoms with Gasteiger partial charge in [-0.05, 0) is 12.3 Å². The molecule has 0 saturated heterocycles. The standard InChI is InChI=1S/C16H24N4O3/c1-8(2)12-17-18-13-9(3)19(6-7-20(12)13)14(21)10-11(15(22)23)16(10,4)5/h8-11H,6-7H2,1-5H3,(H,22,23)/t9?,10-,11+/m0/s1. The van der Waals surface area contributed by atoms with Gasteiger partial charge in [-0.3, -0.25) is 9.59 Å². The number of nitrogens with zero attached hydrogens (tertiary/aromatic N) is 4. The first-order valence-corrected chi connectivity index (χ1v) is 8.14. The number of carboxylic acid groups (broad SMARTS) is 1. The second-order valence-corrected chi connectivity index (χ2v) is 7.55. The van der Waals surface area contributed by atoms with Gasteiger partial charge in [0.15, 0.2) is 5.82 Å². The lowest BCUT2D eigenvalue weighted by molar-refractivity contribution is -0.143. The van der Waals surface area contributed by atoms with E-state index in [9.17, 15) is 14.7 Å². The quantitative estimate of drug-likeness (QED) is 0.915. The summed E-state index contributed by atoms with van der Waals surface area (Å²) in [5.41, 5.74) is -0.475. The van der Waals surface area contributed by atoms with E-state index in [1.807, 2.05) is 20.8 Å². The number of amides is 1. The molecule has 126 valence electrons. The van der Waals surface area contributed by atoms with Crippen LogP contribution in [0.1, 0.15) is 58.2 Å². The third kappa shape index (κ3) is 2.24. The monoisotopic (exact) mass is 320 g/mol. The van der Waals surface area contributed by atoms with E-state index in [0.29, 0.717) is 13.1 Å². The molecular weight excluding hydrogens is 296 g/mol. The van der Waals surface area contributed by atoms with Gasteiger partial charge in [0.25, 0.3) is 0 Å². The van der Waals surface area contributed by atoms with E-state index in [4.69, 9.17) is 0 Å². The van der Waals surface area contributed by atoms with Gasteiger partial charge in [0, 0.05) is 19.0 Å². The van der Waals surface area contributed by atoms with Crippen molar-refractivity contribution < 1.29 is 14.7 Å². The van der Waals surface area contributed by atoms with Gasteiger partial charge in [0.05, 0.1) is 17.9 Å². The summed E-state index contributed by atoms with van der Waals surface area (Å²) in [7, 11) is 0. The van der Waals surface area contributed by atoms with Gasteiger partial charge < -0.3 is 14.6 Å². The fourth-order valence-corrected chi connectivity index (χ4v) is 3.87. The van der Waals surface area contributed by atoms with Crippen molar-refractivity contribution in [3.05, 3.63) is 11.6 Å². The van der Waals surface area contributed by atoms with Gasteiger partial charge in [-0.2, -0.15) is 0 Å². The van der Waals surface area contributed by atoms with Crippen molar-refractivity contribution in [3.8, 4) is 0 Å². The minimum Gasteiger partial charge on any atom is -0.481 e. The summed E-state index contributed by atoms with van der Waals surface area (Å²) < 4.78 is 2.09. The van der Waals surface area contributed by atoms with Gasteiger partial charge in [0.1, 0.15) is 5.82 Å². The highest BCUT2D eigenvalue weighted by Crippen LogP contribution is 2.59. The van der Waals surface area contributed by atoms with Crippen LogP contribution in [0.2, 0.25) is 0 Å². The molecule has 7 heteroatoms. The minimum atomic E-state index is -0.886. The third-order valence-corrected chi connectivity index (χ3v) is 5.37. The number of aliphatic carboxylic acids is 1. The predicted octanol–water partition coefficient (Wildman–Crippen LogP) is 1.66. The van der Waals surface area contributed by atoms with Crippen LogP contribution in [0.15, 0.2) is 0 Å². The maximum atomic E-state index is 12.9. The molecule has 1 saturated carbocycles. The summed E-state index contributed by atoms with van der Waals surface area (Å²) in [6.45, 7) is 11.0. The lowest BCUT2D eigenvalue weighted by Gasteiger charge is -2.34. The Morgan fingerprint density at radius 3 is 2.39 bits per heavy atom. The topological polar surface area (TPSA) is 88.3 Å². The lowest BCUT2D eigenvalue weighted by Crippen LogP contribution is -2.43. The van der Waals surface area contributed by atoms with Crippen LogP contribution in [0.4, 0.5) is 0 Å². The van der Waals surface area contributed by atoms with E-state index in [0.717, 1.165) is 11.6 Å². The van der Waals surface area contributed by atoms with Crippen molar-refractivity contribution in [3.63, 3.8) is 0 Å². The maximum absolute atomic E-state index is 12.9. The van der Waals surface area contributed by atoms with Crippen LogP contribution in [0.25, 0.3) is 0 Å². The predicted molar refractivity (Wildman–Crippen MR) is 82.6 cm³/mol. The van der Waals surface area contributed by atoms with Crippen LogP contribution in [-0.2, 0) is 16.1 Å². The second kappa shape index (κ2) is 5.04. The van der Waals surface area contributed by atoms with E-state index < -0.39 is 23.2 Å². The van der Waals surface area contributed by atoms with Crippen LogP contribution in [0, 0.1) is 17.3 Å². The summed E-state index contributed by atoms with van der Waals surface area (Å²) >= 11 is 0. The van der Waals surface area contributed by atoms with E-state index in [1.165, 1.54) is 0 Å². The Bertz CT molecular complexity index is 664. The number of rotatable bonds is 3. The summed E-state index contributed by atoms with van der Waals surface area (Å²) in [6, 6.07) is -0.179. The number of carboxylic acids is 1. The molecule has 1 amide bonds. The van der Waals surface area contributed by atoms with Gasteiger partial charge in [-0.15, -0.1) is 10.2 Å². The van der Waals surface area contributed by atoms with Crippen molar-refractivity contribution in [1.82, 2.24) is 19.7 Å². The minimum absolute atomic E-state index is 0.0738. The van der Waals surface area contributed by atoms with E-state index >= 15 is 0 Å². The Balaban J connectivity index is 1.83. The van der Waals surface area contributed by atoms with Crippen LogP contribution in [0.5, 0.6) is 0 Å². The molecule has 7 nitrogen and oxygen atoms in total. The molecule has 3 rings (SSSR count). The molecule has 1 aliphatic carbocycles. The van der Waals surface area contributed by atoms with Crippen molar-refractivity contribution in [1.29, 1.82) is 0 Å². The fraction of sp³-hybridized carbons (Fsp3) is 0.750. The average molecular weight is 320 g/mol. The highest BCUT2D eigenvalue weighted by Gasteiger charge is 2.67. The molecule has 1 unspecified atom stereocenters. The third-order valence-electron chi connectivity index (χ3n) is 5.37. The van der Waals surface area contributed by atoms with Crippen LogP contribution >= 0.6 is 0 Å². The number of aromatic nitrogens is 3. The summed E-state index contributed by atoms with van der Waals surface area (Å²) in [5.74, 6) is 0.0189. The van der Waals surface area contributed by atoms with E-state index in [1.54, 1.807) is 4.90 Å². The molecule has 1 aromatic heterocycles. The Labute approximate surface area is 135 Å². The van der Waals surface area contributed by atoms with Crippen LogP contribution in [0.3, 0.4) is 0 Å². The molecule has 0 spiro atoms. The highest BCUT2D eigenvalue weighted by molar-refractivity contribution is 5.91. The lowest BCUT2D eigenvalue weighted by atomic mass is 10.1. The maximum Gasteiger partial charge on any atom is 0.307 e. The normalized spacial score (nSPS) is 28.6. The molecule has 0 radical (unpaired) electrons. The second-order valence-electron chi connectivity index (χ2n) is 7.55. The molecule has 0 bridgehead atoms. The average Bonchev–Trinajstić information content (AvgIpc) is 2.81. The SMILES string of the molecule is CC(C)c1nnc2n1CCN(C(=O)[C@@H]1[C@H](C(=O)O)C1(C)C)C2C. The zero-order valence-electron chi connectivity index (χ0n) is 14.3. The van der Waals surface area contributed by atoms with Crippen molar-refractivity contribution in [2.24, 2.45) is 17.3 Å². The van der Waals surface area contributed by atoms with Gasteiger partial charge in [-0.25, -0.2) is 0 Å². The first kappa shape index (κ1) is 16.0. The number of carbonyl (C=O) groups is 2. The molecule has 1 N–H and O–H groups in total. The van der Waals surface area contributed by atoms with Gasteiger partial charge in [0.2, 0.25) is 5.91 Å². The van der Waals surface area contributed by atoms with Crippen molar-refractivity contribution in [2.75, 3.05) is 6.54 Å². The zero-order chi connectivity index (χ0) is 17.1. The van der Waals surface area contributed by atoms with E-state index in [-0.39, 0.29) is 17.9 Å². The summed E-state index contributed by atoms with van der Waals surface area (Å²) in [4.78, 5) is 26.0. The molecule has 2 heterocycles. The number of hydrogen-bond donors (Lipinski definition) is 1. The number of fused-ring (bicyclic) bond motifs is 1. The molecule has 1 aliphatic heterocycles. The van der Waals surface area contributed by atoms with Crippen LogP contribution < -0.4 is 0 Å². The Hall–Kier alpha value is -1.92. The zero-order valence-corrected chi connectivity index (χ0v) is 14.3. The fourth-order valence-electron chi connectivity index (χ4n) is 3.87. The first-order valence-electron chi connectivity index (χ1n) is 8.14. The molecule has 23 heavy (non-hydrogen) atoms. The summed E-state index contributed by atoms with van der Waals surface area (Å²) in [5, 5.41) is 17.8. The summed E-state index contributed by atoms with van der Waals surface area (Å²) in [6.07, 6.45) is 0. The number of carbonyl (C=O) groups excluding carboxylic acids is 1. The Morgan fingerprint density at radius 2 is 1.87 bits per heavy atom. The largest absolute Gasteiger partial charge is 0.481 e. The Kier molecular flexibility index (Phi) is 3.50.